The van der Waals surface area contributed by atoms with Gasteiger partial charge in [0.25, 0.3) is 0 Å². The van der Waals surface area contributed by atoms with E-state index in [2.05, 4.69) is 12.2 Å². The minimum Gasteiger partial charge on any atom is -0.393 e. The summed E-state index contributed by atoms with van der Waals surface area (Å²) >= 11 is 0. The molecule has 1 heterocycles. The molecule has 14 heavy (non-hydrogen) atoms. The third-order valence-corrected chi connectivity index (χ3v) is 4.07. The van der Waals surface area contributed by atoms with Gasteiger partial charge in [0.2, 0.25) is 0 Å². The number of hydrogen-bond donors (Lipinski definition) is 2. The number of aliphatic hydroxyl groups excluding tert-OH is 1. The van der Waals surface area contributed by atoms with E-state index in [1.807, 2.05) is 0 Å². The van der Waals surface area contributed by atoms with Crippen LogP contribution < -0.4 is 5.32 Å². The number of rotatable bonds is 1. The van der Waals surface area contributed by atoms with Gasteiger partial charge in [-0.2, -0.15) is 0 Å². The quantitative estimate of drug-likeness (QED) is 0.671. The van der Waals surface area contributed by atoms with E-state index in [4.69, 9.17) is 0 Å². The molecule has 1 saturated carbocycles. The lowest BCUT2D eigenvalue weighted by Gasteiger charge is -2.38. The lowest BCUT2D eigenvalue weighted by molar-refractivity contribution is 0.0284. The van der Waals surface area contributed by atoms with Crippen molar-refractivity contribution >= 4 is 0 Å². The number of nitrogens with one attached hydrogen (secondary N) is 1. The molecule has 0 bridgehead atoms. The molecule has 0 amide bonds. The van der Waals surface area contributed by atoms with Gasteiger partial charge in [0, 0.05) is 12.5 Å². The number of piperidine rings is 1. The van der Waals surface area contributed by atoms with Crippen LogP contribution in [0, 0.1) is 17.8 Å². The van der Waals surface area contributed by atoms with Gasteiger partial charge in [0.15, 0.2) is 0 Å². The van der Waals surface area contributed by atoms with E-state index in [0.29, 0.717) is 5.92 Å². The standard InChI is InChI=1S/C12H23NO/c1-9-3-2-4-10(7-9)11-8-13-6-5-12(11)14/h9-14H,2-8H2,1H3. The van der Waals surface area contributed by atoms with Crippen molar-refractivity contribution in [2.45, 2.75) is 45.1 Å². The first-order chi connectivity index (χ1) is 6.77. The Morgan fingerprint density at radius 2 is 2.07 bits per heavy atom. The van der Waals surface area contributed by atoms with Crippen LogP contribution in [0.1, 0.15) is 39.0 Å². The van der Waals surface area contributed by atoms with Crippen molar-refractivity contribution in [3.63, 3.8) is 0 Å². The van der Waals surface area contributed by atoms with Crippen LogP contribution in [-0.4, -0.2) is 24.3 Å². The Morgan fingerprint density at radius 1 is 1.21 bits per heavy atom. The van der Waals surface area contributed by atoms with Crippen molar-refractivity contribution in [1.29, 1.82) is 0 Å². The van der Waals surface area contributed by atoms with E-state index in [1.165, 1.54) is 25.7 Å². The minimum atomic E-state index is -0.0356. The molecule has 2 N–H and O–H groups in total. The maximum atomic E-state index is 9.97. The van der Waals surface area contributed by atoms with Crippen molar-refractivity contribution in [3.05, 3.63) is 0 Å². The highest BCUT2D eigenvalue weighted by molar-refractivity contribution is 4.85. The summed E-state index contributed by atoms with van der Waals surface area (Å²) in [5.41, 5.74) is 0. The molecule has 0 spiro atoms. The van der Waals surface area contributed by atoms with Gasteiger partial charge in [0.05, 0.1) is 6.10 Å². The highest BCUT2D eigenvalue weighted by atomic mass is 16.3. The Bertz CT molecular complexity index is 183. The van der Waals surface area contributed by atoms with Crippen LogP contribution in [0.15, 0.2) is 0 Å². The summed E-state index contributed by atoms with van der Waals surface area (Å²) < 4.78 is 0. The highest BCUT2D eigenvalue weighted by Crippen LogP contribution is 2.36. The predicted molar refractivity (Wildman–Crippen MR) is 58.1 cm³/mol. The van der Waals surface area contributed by atoms with Gasteiger partial charge in [-0.15, -0.1) is 0 Å². The molecule has 4 atom stereocenters. The molecule has 0 aromatic carbocycles. The monoisotopic (exact) mass is 197 g/mol. The van der Waals surface area contributed by atoms with Gasteiger partial charge in [0.1, 0.15) is 0 Å². The Kier molecular flexibility index (Phi) is 3.45. The molecular formula is C12H23NO. The van der Waals surface area contributed by atoms with Crippen LogP contribution >= 0.6 is 0 Å². The van der Waals surface area contributed by atoms with E-state index in [9.17, 15) is 5.11 Å². The zero-order chi connectivity index (χ0) is 9.97. The number of hydrogen-bond acceptors (Lipinski definition) is 2. The first-order valence-corrected chi connectivity index (χ1v) is 6.16. The minimum absolute atomic E-state index is 0.0356. The van der Waals surface area contributed by atoms with Gasteiger partial charge in [-0.25, -0.2) is 0 Å². The summed E-state index contributed by atoms with van der Waals surface area (Å²) in [5, 5.41) is 13.4. The third-order valence-electron chi connectivity index (χ3n) is 4.07. The van der Waals surface area contributed by atoms with Crippen molar-refractivity contribution < 1.29 is 5.11 Å². The Labute approximate surface area is 87.1 Å². The molecule has 1 aliphatic heterocycles. The van der Waals surface area contributed by atoms with E-state index < -0.39 is 0 Å². The molecule has 82 valence electrons. The summed E-state index contributed by atoms with van der Waals surface area (Å²) in [7, 11) is 0. The largest absolute Gasteiger partial charge is 0.393 e. The third kappa shape index (κ3) is 2.29. The van der Waals surface area contributed by atoms with Crippen LogP contribution in [0.2, 0.25) is 0 Å². The van der Waals surface area contributed by atoms with Gasteiger partial charge in [-0.3, -0.25) is 0 Å². The van der Waals surface area contributed by atoms with Crippen LogP contribution in [0.3, 0.4) is 0 Å². The second-order valence-corrected chi connectivity index (χ2v) is 5.26. The summed E-state index contributed by atoms with van der Waals surface area (Å²) in [6.45, 7) is 4.40. The summed E-state index contributed by atoms with van der Waals surface area (Å²) in [4.78, 5) is 0. The molecule has 0 aromatic heterocycles. The molecule has 2 heteroatoms. The second kappa shape index (κ2) is 4.63. The van der Waals surface area contributed by atoms with Crippen LogP contribution in [0.5, 0.6) is 0 Å². The average molecular weight is 197 g/mol. The zero-order valence-corrected chi connectivity index (χ0v) is 9.21. The lowest BCUT2D eigenvalue weighted by Crippen LogP contribution is -2.44. The summed E-state index contributed by atoms with van der Waals surface area (Å²) in [6.07, 6.45) is 6.36. The highest BCUT2D eigenvalue weighted by Gasteiger charge is 2.32. The fourth-order valence-electron chi connectivity index (χ4n) is 3.22. The lowest BCUT2D eigenvalue weighted by atomic mass is 9.72. The fraction of sp³-hybridized carbons (Fsp3) is 1.00. The molecule has 2 aliphatic rings. The topological polar surface area (TPSA) is 32.3 Å². The fourth-order valence-corrected chi connectivity index (χ4v) is 3.22. The van der Waals surface area contributed by atoms with Gasteiger partial charge < -0.3 is 10.4 Å². The normalized spacial score (nSPS) is 45.0. The van der Waals surface area contributed by atoms with E-state index >= 15 is 0 Å². The Balaban J connectivity index is 1.91. The van der Waals surface area contributed by atoms with E-state index in [1.54, 1.807) is 0 Å². The smallest absolute Gasteiger partial charge is 0.0595 e. The second-order valence-electron chi connectivity index (χ2n) is 5.26. The molecule has 2 fully saturated rings. The van der Waals surface area contributed by atoms with E-state index in [-0.39, 0.29) is 6.10 Å². The molecule has 0 aromatic rings. The SMILES string of the molecule is CC1CCCC(C2CNCCC2O)C1. The maximum Gasteiger partial charge on any atom is 0.0595 e. The molecule has 1 saturated heterocycles. The first kappa shape index (κ1) is 10.4. The Morgan fingerprint density at radius 3 is 2.79 bits per heavy atom. The Hall–Kier alpha value is -0.0800. The predicted octanol–water partition coefficient (Wildman–Crippen LogP) is 1.78. The van der Waals surface area contributed by atoms with Crippen molar-refractivity contribution in [1.82, 2.24) is 5.32 Å². The van der Waals surface area contributed by atoms with Crippen LogP contribution in [-0.2, 0) is 0 Å². The average Bonchev–Trinajstić information content (AvgIpc) is 2.18. The van der Waals surface area contributed by atoms with Crippen LogP contribution in [0.25, 0.3) is 0 Å². The maximum absolute atomic E-state index is 9.97. The molecule has 4 unspecified atom stereocenters. The van der Waals surface area contributed by atoms with Gasteiger partial charge in [-0.05, 0) is 31.2 Å². The molecule has 2 nitrogen and oxygen atoms in total. The molecule has 2 rings (SSSR count). The molecule has 1 aliphatic carbocycles. The summed E-state index contributed by atoms with van der Waals surface area (Å²) in [6, 6.07) is 0. The van der Waals surface area contributed by atoms with Gasteiger partial charge >= 0.3 is 0 Å². The van der Waals surface area contributed by atoms with Crippen molar-refractivity contribution in [2.75, 3.05) is 13.1 Å². The number of aliphatic hydroxyl groups is 1. The zero-order valence-electron chi connectivity index (χ0n) is 9.21. The van der Waals surface area contributed by atoms with Crippen molar-refractivity contribution in [2.24, 2.45) is 17.8 Å². The first-order valence-electron chi connectivity index (χ1n) is 6.16. The molecule has 0 radical (unpaired) electrons. The van der Waals surface area contributed by atoms with Crippen molar-refractivity contribution in [3.8, 4) is 0 Å². The van der Waals surface area contributed by atoms with Gasteiger partial charge in [-0.1, -0.05) is 26.2 Å². The summed E-state index contributed by atoms with van der Waals surface area (Å²) in [5.74, 6) is 2.19. The van der Waals surface area contributed by atoms with Crippen LogP contribution in [0.4, 0.5) is 0 Å². The van der Waals surface area contributed by atoms with E-state index in [0.717, 1.165) is 31.3 Å². The molecular weight excluding hydrogens is 174 g/mol.